The second-order valence-corrected chi connectivity index (χ2v) is 9.47. The van der Waals surface area contributed by atoms with Crippen LogP contribution in [0.5, 0.6) is 0 Å². The van der Waals surface area contributed by atoms with Gasteiger partial charge < -0.3 is 20.8 Å². The van der Waals surface area contributed by atoms with Crippen molar-refractivity contribution in [3.8, 4) is 0 Å². The Hall–Kier alpha value is -1.03. The van der Waals surface area contributed by atoms with Crippen molar-refractivity contribution < 1.29 is 18.6 Å². The highest BCUT2D eigenvalue weighted by Gasteiger charge is 2.41. The molecule has 26 heavy (non-hydrogen) atoms. The van der Waals surface area contributed by atoms with Crippen LogP contribution in [0.1, 0.15) is 25.7 Å². The van der Waals surface area contributed by atoms with E-state index in [-0.39, 0.29) is 18.0 Å². The fraction of sp³-hybridized carbons (Fsp3) is 0.667. The third kappa shape index (κ3) is 4.62. The summed E-state index contributed by atoms with van der Waals surface area (Å²) in [5, 5.41) is 28.2. The van der Waals surface area contributed by atoms with Gasteiger partial charge in [-0.25, -0.2) is 8.42 Å². The van der Waals surface area contributed by atoms with E-state index in [9.17, 15) is 18.6 Å². The smallest absolute Gasteiger partial charge is 0.243 e. The van der Waals surface area contributed by atoms with E-state index in [1.807, 2.05) is 0 Å². The van der Waals surface area contributed by atoms with E-state index in [4.69, 9.17) is 0 Å². The fourth-order valence-corrected chi connectivity index (χ4v) is 5.34. The van der Waals surface area contributed by atoms with Gasteiger partial charge in [-0.05, 0) is 64.0 Å². The fourth-order valence-electron chi connectivity index (χ4n) is 3.72. The molecular weight excluding hydrogens is 354 g/mol. The molecule has 0 unspecified atom stereocenters. The van der Waals surface area contributed by atoms with Crippen LogP contribution in [0.3, 0.4) is 0 Å². The van der Waals surface area contributed by atoms with Crippen molar-refractivity contribution in [2.24, 2.45) is 0 Å². The van der Waals surface area contributed by atoms with Gasteiger partial charge in [0.05, 0.1) is 16.1 Å². The van der Waals surface area contributed by atoms with E-state index in [1.54, 1.807) is 30.3 Å². The monoisotopic (exact) mass is 383 g/mol. The maximum Gasteiger partial charge on any atom is 0.243 e. The zero-order valence-electron chi connectivity index (χ0n) is 15.0. The number of hydrogen-bond donors (Lipinski definition) is 4. The van der Waals surface area contributed by atoms with Crippen molar-refractivity contribution in [2.75, 3.05) is 39.3 Å². The quantitative estimate of drug-likeness (QED) is 0.548. The molecule has 4 N–H and O–H groups in total. The summed E-state index contributed by atoms with van der Waals surface area (Å²) >= 11 is 0. The third-order valence-corrected chi connectivity index (χ3v) is 7.20. The molecule has 0 saturated carbocycles. The molecule has 1 aromatic rings. The molecule has 2 heterocycles. The second-order valence-electron chi connectivity index (χ2n) is 7.53. The first-order valence-corrected chi connectivity index (χ1v) is 10.7. The molecule has 2 aliphatic rings. The van der Waals surface area contributed by atoms with E-state index >= 15 is 0 Å². The van der Waals surface area contributed by atoms with Gasteiger partial charge in [0, 0.05) is 13.1 Å². The zero-order chi connectivity index (χ0) is 18.7. The predicted octanol–water partition coefficient (Wildman–Crippen LogP) is -0.0937. The molecule has 3 rings (SSSR count). The minimum absolute atomic E-state index is 0.00163. The molecule has 1 aromatic carbocycles. The average Bonchev–Trinajstić information content (AvgIpc) is 2.63. The number of nitrogens with zero attached hydrogens (tertiary/aromatic N) is 1. The van der Waals surface area contributed by atoms with Gasteiger partial charge in [-0.2, -0.15) is 4.31 Å². The van der Waals surface area contributed by atoms with Gasteiger partial charge in [-0.15, -0.1) is 0 Å². The van der Waals surface area contributed by atoms with Gasteiger partial charge in [0.1, 0.15) is 0 Å². The van der Waals surface area contributed by atoms with Crippen LogP contribution in [0.25, 0.3) is 0 Å². The standard InChI is InChI=1S/C18H29N3O4S/c22-17(6-10-19-11-7-17)14-21(15-18(23)8-12-20-13-9-18)26(24,25)16-4-2-1-3-5-16/h1-5,19-20,22-23H,6-15H2. The molecule has 0 atom stereocenters. The summed E-state index contributed by atoms with van der Waals surface area (Å²) in [6.45, 7) is 2.63. The number of aliphatic hydroxyl groups is 2. The number of benzene rings is 1. The maximum absolute atomic E-state index is 13.2. The minimum atomic E-state index is -3.80. The Labute approximate surface area is 155 Å². The van der Waals surface area contributed by atoms with Crippen LogP contribution in [0.4, 0.5) is 0 Å². The molecule has 0 amide bonds. The van der Waals surface area contributed by atoms with Crippen molar-refractivity contribution in [1.29, 1.82) is 0 Å². The first-order chi connectivity index (χ1) is 12.3. The summed E-state index contributed by atoms with van der Waals surface area (Å²) in [5.41, 5.74) is -2.15. The Bertz CT molecular complexity index is 658. The van der Waals surface area contributed by atoms with Crippen LogP contribution in [-0.4, -0.2) is 73.4 Å². The molecule has 0 bridgehead atoms. The highest BCUT2D eigenvalue weighted by molar-refractivity contribution is 7.89. The van der Waals surface area contributed by atoms with Crippen molar-refractivity contribution in [3.63, 3.8) is 0 Å². The predicted molar refractivity (Wildman–Crippen MR) is 99.3 cm³/mol. The first-order valence-electron chi connectivity index (χ1n) is 9.25. The zero-order valence-corrected chi connectivity index (χ0v) is 15.8. The first kappa shape index (κ1) is 19.7. The van der Waals surface area contributed by atoms with E-state index in [2.05, 4.69) is 10.6 Å². The molecule has 2 aliphatic heterocycles. The SMILES string of the molecule is O=S(=O)(c1ccccc1)N(CC1(O)CCNCC1)CC1(O)CCNCC1. The van der Waals surface area contributed by atoms with E-state index < -0.39 is 21.2 Å². The van der Waals surface area contributed by atoms with Crippen molar-refractivity contribution in [2.45, 2.75) is 41.8 Å². The summed E-state index contributed by atoms with van der Waals surface area (Å²) in [4.78, 5) is 0.190. The lowest BCUT2D eigenvalue weighted by Gasteiger charge is -2.41. The molecule has 0 radical (unpaired) electrons. The topological polar surface area (TPSA) is 102 Å². The van der Waals surface area contributed by atoms with Crippen LogP contribution in [0.2, 0.25) is 0 Å². The Morgan fingerprint density at radius 2 is 1.27 bits per heavy atom. The lowest BCUT2D eigenvalue weighted by atomic mass is 9.90. The lowest BCUT2D eigenvalue weighted by molar-refractivity contribution is -0.0377. The van der Waals surface area contributed by atoms with Crippen LogP contribution in [-0.2, 0) is 10.0 Å². The minimum Gasteiger partial charge on any atom is -0.388 e. The van der Waals surface area contributed by atoms with Gasteiger partial charge in [0.25, 0.3) is 0 Å². The highest BCUT2D eigenvalue weighted by Crippen LogP contribution is 2.28. The summed E-state index contributed by atoms with van der Waals surface area (Å²) in [5.74, 6) is 0. The second kappa shape index (κ2) is 7.92. The lowest BCUT2D eigenvalue weighted by Crippen LogP contribution is -2.56. The van der Waals surface area contributed by atoms with Crippen LogP contribution in [0, 0.1) is 0 Å². The number of sulfonamides is 1. The van der Waals surface area contributed by atoms with Crippen molar-refractivity contribution in [1.82, 2.24) is 14.9 Å². The normalized spacial score (nSPS) is 23.0. The van der Waals surface area contributed by atoms with Crippen LogP contribution < -0.4 is 10.6 Å². The molecule has 2 saturated heterocycles. The Morgan fingerprint density at radius 1 is 0.846 bits per heavy atom. The number of piperidine rings is 2. The van der Waals surface area contributed by atoms with Crippen molar-refractivity contribution >= 4 is 10.0 Å². The summed E-state index contributed by atoms with van der Waals surface area (Å²) in [6.07, 6.45) is 1.98. The number of nitrogens with one attached hydrogen (secondary N) is 2. The van der Waals surface area contributed by atoms with E-state index in [0.717, 1.165) is 0 Å². The molecule has 0 spiro atoms. The molecule has 7 nitrogen and oxygen atoms in total. The number of hydrogen-bond acceptors (Lipinski definition) is 6. The molecule has 8 heteroatoms. The Kier molecular flexibility index (Phi) is 6.01. The van der Waals surface area contributed by atoms with Gasteiger partial charge in [-0.1, -0.05) is 18.2 Å². The summed E-state index contributed by atoms with van der Waals surface area (Å²) in [7, 11) is -3.80. The summed E-state index contributed by atoms with van der Waals surface area (Å²) in [6, 6.07) is 8.25. The molecule has 146 valence electrons. The molecule has 0 aliphatic carbocycles. The molecule has 0 aromatic heterocycles. The van der Waals surface area contributed by atoms with Gasteiger partial charge >= 0.3 is 0 Å². The van der Waals surface area contributed by atoms with Gasteiger partial charge in [0.15, 0.2) is 0 Å². The van der Waals surface area contributed by atoms with E-state index in [0.29, 0.717) is 51.9 Å². The maximum atomic E-state index is 13.2. The van der Waals surface area contributed by atoms with E-state index in [1.165, 1.54) is 4.31 Å². The Morgan fingerprint density at radius 3 is 1.69 bits per heavy atom. The van der Waals surface area contributed by atoms with Gasteiger partial charge in [0.2, 0.25) is 10.0 Å². The molecule has 2 fully saturated rings. The van der Waals surface area contributed by atoms with Crippen molar-refractivity contribution in [3.05, 3.63) is 30.3 Å². The number of rotatable bonds is 6. The Balaban J connectivity index is 1.88. The van der Waals surface area contributed by atoms with Crippen LogP contribution in [0.15, 0.2) is 35.2 Å². The largest absolute Gasteiger partial charge is 0.388 e. The highest BCUT2D eigenvalue weighted by atomic mass is 32.2. The average molecular weight is 384 g/mol. The molecular formula is C18H29N3O4S. The van der Waals surface area contributed by atoms with Gasteiger partial charge in [-0.3, -0.25) is 0 Å². The summed E-state index contributed by atoms with van der Waals surface area (Å²) < 4.78 is 27.8. The van der Waals surface area contributed by atoms with Crippen LogP contribution >= 0.6 is 0 Å². The third-order valence-electron chi connectivity index (χ3n) is 5.39.